The highest BCUT2D eigenvalue weighted by Gasteiger charge is 2.33. The molecule has 0 fully saturated rings. The number of nitrogens with zero attached hydrogens (tertiary/aromatic N) is 6. The lowest BCUT2D eigenvalue weighted by Gasteiger charge is -2.31. The Hall–Kier alpha value is -4.82. The second-order valence-corrected chi connectivity index (χ2v) is 9.60. The molecule has 192 valence electrons. The van der Waals surface area contributed by atoms with E-state index in [0.717, 1.165) is 0 Å². The molecule has 0 saturated heterocycles. The van der Waals surface area contributed by atoms with Gasteiger partial charge in [-0.1, -0.05) is 0 Å². The summed E-state index contributed by atoms with van der Waals surface area (Å²) in [7, 11) is 0. The number of fused-ring (bicyclic) bond motifs is 2. The fraction of sp³-hybridized carbons (Fsp3) is 0.222. The zero-order valence-corrected chi connectivity index (χ0v) is 20.7. The van der Waals surface area contributed by atoms with Crippen LogP contribution in [0.25, 0.3) is 5.52 Å². The second-order valence-electron chi connectivity index (χ2n) is 9.60. The van der Waals surface area contributed by atoms with Gasteiger partial charge in [0.05, 0.1) is 47.1 Å². The fourth-order valence-corrected chi connectivity index (χ4v) is 4.35. The van der Waals surface area contributed by atoms with E-state index >= 15 is 4.39 Å². The van der Waals surface area contributed by atoms with Crippen LogP contribution in [-0.2, 0) is 11.2 Å². The number of primary amides is 1. The largest absolute Gasteiger partial charge is 0.387 e. The van der Waals surface area contributed by atoms with Crippen LogP contribution in [0.2, 0.25) is 0 Å². The van der Waals surface area contributed by atoms with Crippen LogP contribution in [0.3, 0.4) is 0 Å². The van der Waals surface area contributed by atoms with Crippen molar-refractivity contribution >= 4 is 40.3 Å². The molecule has 1 aliphatic heterocycles. The Labute approximate surface area is 217 Å². The lowest BCUT2D eigenvalue weighted by atomic mass is 10.0. The summed E-state index contributed by atoms with van der Waals surface area (Å²) in [6.45, 7) is 2.54. The minimum atomic E-state index is -1.64. The summed E-state index contributed by atoms with van der Waals surface area (Å²) in [4.78, 5) is 32.0. The Kier molecular flexibility index (Phi) is 6.05. The molecular formula is C27H24FN7O3. The van der Waals surface area contributed by atoms with Crippen molar-refractivity contribution in [1.82, 2.24) is 14.6 Å². The molecule has 38 heavy (non-hydrogen) atoms. The molecule has 4 heterocycles. The van der Waals surface area contributed by atoms with Crippen molar-refractivity contribution in [2.24, 2.45) is 5.73 Å². The molecule has 0 unspecified atom stereocenters. The van der Waals surface area contributed by atoms with Crippen LogP contribution >= 0.6 is 0 Å². The molecule has 4 aromatic rings. The molecule has 0 aliphatic carbocycles. The van der Waals surface area contributed by atoms with Gasteiger partial charge in [-0.2, -0.15) is 10.4 Å². The summed E-state index contributed by atoms with van der Waals surface area (Å²) in [5, 5.41) is 23.7. The summed E-state index contributed by atoms with van der Waals surface area (Å²) >= 11 is 0. The summed E-state index contributed by atoms with van der Waals surface area (Å²) < 4.78 is 16.6. The lowest BCUT2D eigenvalue weighted by molar-refractivity contribution is -0.116. The van der Waals surface area contributed by atoms with Crippen molar-refractivity contribution in [3.05, 3.63) is 77.6 Å². The van der Waals surface area contributed by atoms with Gasteiger partial charge in [0, 0.05) is 11.9 Å². The Morgan fingerprint density at radius 2 is 2.03 bits per heavy atom. The van der Waals surface area contributed by atoms with Gasteiger partial charge in [-0.15, -0.1) is 0 Å². The molecule has 0 bridgehead atoms. The smallest absolute Gasteiger partial charge is 0.250 e. The molecule has 3 aromatic heterocycles. The predicted molar refractivity (Wildman–Crippen MR) is 138 cm³/mol. The highest BCUT2D eigenvalue weighted by molar-refractivity contribution is 6.07. The van der Waals surface area contributed by atoms with E-state index < -0.39 is 17.7 Å². The molecule has 1 aliphatic rings. The van der Waals surface area contributed by atoms with E-state index in [1.54, 1.807) is 56.8 Å². The van der Waals surface area contributed by atoms with Gasteiger partial charge in [-0.3, -0.25) is 14.5 Å². The number of alkyl halides is 1. The number of anilines is 4. The molecule has 10 nitrogen and oxygen atoms in total. The zero-order chi connectivity index (χ0) is 27.2. The maximum Gasteiger partial charge on any atom is 0.250 e. The van der Waals surface area contributed by atoms with Crippen LogP contribution < -0.4 is 15.5 Å². The average Bonchev–Trinajstić information content (AvgIpc) is 3.44. The molecular weight excluding hydrogens is 489 g/mol. The lowest BCUT2D eigenvalue weighted by Crippen LogP contribution is -2.41. The van der Waals surface area contributed by atoms with Crippen LogP contribution in [0, 0.1) is 11.3 Å². The van der Waals surface area contributed by atoms with Gasteiger partial charge in [0.2, 0.25) is 11.8 Å². The molecule has 0 radical (unpaired) electrons. The van der Waals surface area contributed by atoms with Gasteiger partial charge in [-0.25, -0.2) is 13.9 Å². The van der Waals surface area contributed by atoms with Crippen LogP contribution in [0.4, 0.5) is 27.4 Å². The molecule has 5 rings (SSSR count). The molecule has 2 amide bonds. The van der Waals surface area contributed by atoms with Gasteiger partial charge >= 0.3 is 0 Å². The van der Waals surface area contributed by atoms with E-state index in [0.29, 0.717) is 39.7 Å². The van der Waals surface area contributed by atoms with Crippen molar-refractivity contribution < 1.29 is 19.1 Å². The second kappa shape index (κ2) is 9.24. The maximum atomic E-state index is 15.0. The normalized spacial score (nSPS) is 13.9. The van der Waals surface area contributed by atoms with Gasteiger partial charge in [-0.05, 0) is 67.9 Å². The topological polar surface area (TPSA) is 141 Å². The number of rotatable bonds is 7. The van der Waals surface area contributed by atoms with E-state index in [1.165, 1.54) is 32.3 Å². The van der Waals surface area contributed by atoms with Crippen LogP contribution in [0.1, 0.15) is 35.3 Å². The van der Waals surface area contributed by atoms with Gasteiger partial charge in [0.15, 0.2) is 0 Å². The number of halogens is 1. The number of aromatic nitrogens is 3. The first kappa shape index (κ1) is 24.9. The van der Waals surface area contributed by atoms with Crippen molar-refractivity contribution in [2.45, 2.75) is 32.0 Å². The Balaban J connectivity index is 1.54. The van der Waals surface area contributed by atoms with E-state index in [9.17, 15) is 14.7 Å². The summed E-state index contributed by atoms with van der Waals surface area (Å²) in [5.74, 6) is 0.0759. The number of pyridine rings is 1. The fourth-order valence-electron chi connectivity index (χ4n) is 4.35. The monoisotopic (exact) mass is 513 g/mol. The van der Waals surface area contributed by atoms with Crippen LogP contribution in [0.15, 0.2) is 60.9 Å². The van der Waals surface area contributed by atoms with Gasteiger partial charge in [0.1, 0.15) is 23.9 Å². The highest BCUT2D eigenvalue weighted by Crippen LogP contribution is 2.39. The van der Waals surface area contributed by atoms with E-state index in [4.69, 9.17) is 11.0 Å². The van der Waals surface area contributed by atoms with Gasteiger partial charge in [0.25, 0.3) is 0 Å². The van der Waals surface area contributed by atoms with Crippen LogP contribution in [0.5, 0.6) is 0 Å². The number of hydrogen-bond donors (Lipinski definition) is 2. The molecule has 1 aromatic carbocycles. The van der Waals surface area contributed by atoms with E-state index in [-0.39, 0.29) is 24.4 Å². The first-order valence-electron chi connectivity index (χ1n) is 11.8. The number of carbonyl (C=O) groups is 2. The van der Waals surface area contributed by atoms with Crippen molar-refractivity contribution in [3.63, 3.8) is 0 Å². The Morgan fingerprint density at radius 3 is 2.68 bits per heavy atom. The zero-order valence-electron chi connectivity index (χ0n) is 20.7. The van der Waals surface area contributed by atoms with Gasteiger partial charge < -0.3 is 15.7 Å². The first-order valence-corrected chi connectivity index (χ1v) is 11.8. The molecule has 3 N–H and O–H groups in total. The third-order valence-corrected chi connectivity index (χ3v) is 6.46. The highest BCUT2D eigenvalue weighted by atomic mass is 19.1. The average molecular weight is 514 g/mol. The number of carbonyl (C=O) groups excluding carboxylic acids is 2. The predicted octanol–water partition coefficient (Wildman–Crippen LogP) is 3.17. The minimum absolute atomic E-state index is 0.110. The Morgan fingerprint density at radius 1 is 1.24 bits per heavy atom. The SMILES string of the molecule is CC(C)(O)[C@H](F)CN(c1ccc2c(c1)CC(=O)N2c1ccc2cc(C#N)cnn12)c1ccc(C(N)=O)cn1. The van der Waals surface area contributed by atoms with Crippen LogP contribution in [-0.4, -0.2) is 49.8 Å². The first-order chi connectivity index (χ1) is 18.1. The van der Waals surface area contributed by atoms with E-state index in [1.807, 2.05) is 0 Å². The third kappa shape index (κ3) is 4.42. The maximum absolute atomic E-state index is 15.0. The quantitative estimate of drug-likeness (QED) is 0.387. The van der Waals surface area contributed by atoms with Crippen molar-refractivity contribution in [2.75, 3.05) is 16.3 Å². The molecule has 0 spiro atoms. The number of nitriles is 1. The number of hydrogen-bond acceptors (Lipinski definition) is 7. The molecule has 0 saturated carbocycles. The van der Waals surface area contributed by atoms with Crippen molar-refractivity contribution in [3.8, 4) is 6.07 Å². The van der Waals surface area contributed by atoms with E-state index in [2.05, 4.69) is 16.2 Å². The molecule has 1 atom stereocenters. The van der Waals surface area contributed by atoms with Crippen molar-refractivity contribution in [1.29, 1.82) is 5.26 Å². The summed E-state index contributed by atoms with van der Waals surface area (Å²) in [6.07, 6.45) is 1.22. The number of aliphatic hydroxyl groups is 1. The Bertz CT molecular complexity index is 1600. The summed E-state index contributed by atoms with van der Waals surface area (Å²) in [6, 6.07) is 15.6. The number of amides is 2. The number of nitrogens with two attached hydrogens (primary N) is 1. The minimum Gasteiger partial charge on any atom is -0.387 e. The third-order valence-electron chi connectivity index (χ3n) is 6.46. The number of benzene rings is 1. The molecule has 11 heteroatoms. The summed E-state index contributed by atoms with van der Waals surface area (Å²) in [5.41, 5.74) is 6.94. The standard InChI is InChI=1S/C27H24FN7O3/c1-27(2,38)22(28)15-33(23-7-3-17(14-31-23)26(30)37)19-4-6-21-18(10-19)11-25(36)34(21)24-8-5-20-9-16(12-29)13-32-35(20)24/h3-10,13-14,22,38H,11,15H2,1-2H3,(H2,30,37)/t22-/m1/s1.